The number of benzene rings is 1. The highest BCUT2D eigenvalue weighted by Gasteiger charge is 2.05. The summed E-state index contributed by atoms with van der Waals surface area (Å²) in [7, 11) is 0. The normalized spacial score (nSPS) is 9.58. The predicted octanol–water partition coefficient (Wildman–Crippen LogP) is 2.06. The molecule has 1 rings (SSSR count). The zero-order chi connectivity index (χ0) is 9.14. The highest BCUT2D eigenvalue weighted by Crippen LogP contribution is 2.19. The van der Waals surface area contributed by atoms with E-state index in [2.05, 4.69) is 22.6 Å². The number of halogens is 2. The molecule has 0 aliphatic heterocycles. The molecule has 0 radical (unpaired) electrons. The molecule has 1 aromatic rings. The van der Waals surface area contributed by atoms with Gasteiger partial charge in [0, 0.05) is 9.13 Å². The van der Waals surface area contributed by atoms with Gasteiger partial charge in [0.1, 0.15) is 0 Å². The molecule has 5 heteroatoms. The Hall–Kier alpha value is -0.330. The molecule has 0 saturated carbocycles. The zero-order valence-corrected chi connectivity index (χ0v) is 8.76. The molecule has 0 fully saturated rings. The fourth-order valence-corrected chi connectivity index (χ4v) is 1.22. The number of carbonyl (C=O) groups excluding carboxylic acids is 1. The van der Waals surface area contributed by atoms with Crippen LogP contribution in [0.5, 0.6) is 0 Å². The van der Waals surface area contributed by atoms with Crippen LogP contribution in [0.2, 0.25) is 5.02 Å². The molecule has 0 unspecified atom stereocenters. The van der Waals surface area contributed by atoms with Crippen LogP contribution in [0.15, 0.2) is 18.2 Å². The predicted molar refractivity (Wildman–Crippen MR) is 53.4 cm³/mol. The SMILES string of the molecule is O=C(NO)c1ccc(I)c(Cl)c1. The van der Waals surface area contributed by atoms with Crippen LogP contribution in [0.3, 0.4) is 0 Å². The summed E-state index contributed by atoms with van der Waals surface area (Å²) in [5.41, 5.74) is 1.86. The second-order valence-electron chi connectivity index (χ2n) is 2.07. The first-order valence-corrected chi connectivity index (χ1v) is 4.50. The second kappa shape index (κ2) is 4.06. The number of hydrogen-bond donors (Lipinski definition) is 2. The van der Waals surface area contributed by atoms with E-state index in [-0.39, 0.29) is 0 Å². The minimum Gasteiger partial charge on any atom is -0.288 e. The Balaban J connectivity index is 3.05. The summed E-state index contributed by atoms with van der Waals surface area (Å²) in [5.74, 6) is -0.562. The molecule has 12 heavy (non-hydrogen) atoms. The Morgan fingerprint density at radius 3 is 2.75 bits per heavy atom. The number of amides is 1. The quantitative estimate of drug-likeness (QED) is 0.473. The molecule has 0 saturated heterocycles. The van der Waals surface area contributed by atoms with E-state index in [1.54, 1.807) is 12.1 Å². The summed E-state index contributed by atoms with van der Waals surface area (Å²) in [6.07, 6.45) is 0. The molecule has 0 bridgehead atoms. The van der Waals surface area contributed by atoms with E-state index in [0.29, 0.717) is 10.6 Å². The molecule has 64 valence electrons. The monoisotopic (exact) mass is 297 g/mol. The first-order valence-electron chi connectivity index (χ1n) is 3.04. The minimum atomic E-state index is -0.562. The summed E-state index contributed by atoms with van der Waals surface area (Å²) in [4.78, 5) is 10.9. The van der Waals surface area contributed by atoms with E-state index in [1.165, 1.54) is 11.5 Å². The molecule has 2 N–H and O–H groups in total. The van der Waals surface area contributed by atoms with Gasteiger partial charge in [0.05, 0.1) is 5.02 Å². The van der Waals surface area contributed by atoms with E-state index in [1.807, 2.05) is 0 Å². The number of nitrogens with one attached hydrogen (secondary N) is 1. The van der Waals surface area contributed by atoms with E-state index < -0.39 is 5.91 Å². The largest absolute Gasteiger partial charge is 0.288 e. The van der Waals surface area contributed by atoms with E-state index in [9.17, 15) is 4.79 Å². The van der Waals surface area contributed by atoms with Crippen molar-refractivity contribution in [2.45, 2.75) is 0 Å². The molecule has 0 aromatic heterocycles. The second-order valence-corrected chi connectivity index (χ2v) is 3.64. The van der Waals surface area contributed by atoms with Crippen molar-refractivity contribution in [3.05, 3.63) is 32.4 Å². The van der Waals surface area contributed by atoms with Crippen LogP contribution in [-0.2, 0) is 0 Å². The third kappa shape index (κ3) is 2.09. The number of rotatable bonds is 1. The van der Waals surface area contributed by atoms with Crippen molar-refractivity contribution >= 4 is 40.1 Å². The molecule has 1 amide bonds. The van der Waals surface area contributed by atoms with E-state index in [0.717, 1.165) is 3.57 Å². The first-order chi connectivity index (χ1) is 5.65. The van der Waals surface area contributed by atoms with Gasteiger partial charge in [0.15, 0.2) is 0 Å². The van der Waals surface area contributed by atoms with Crippen molar-refractivity contribution in [3.63, 3.8) is 0 Å². The van der Waals surface area contributed by atoms with Gasteiger partial charge in [0.2, 0.25) is 0 Å². The van der Waals surface area contributed by atoms with Crippen molar-refractivity contribution in [2.24, 2.45) is 0 Å². The molecular weight excluding hydrogens is 292 g/mol. The van der Waals surface area contributed by atoms with Gasteiger partial charge in [-0.05, 0) is 40.8 Å². The van der Waals surface area contributed by atoms with Crippen LogP contribution in [0.1, 0.15) is 10.4 Å². The maximum Gasteiger partial charge on any atom is 0.274 e. The lowest BCUT2D eigenvalue weighted by atomic mass is 10.2. The van der Waals surface area contributed by atoms with Gasteiger partial charge < -0.3 is 0 Å². The Morgan fingerprint density at radius 1 is 1.58 bits per heavy atom. The number of hydrogen-bond acceptors (Lipinski definition) is 2. The van der Waals surface area contributed by atoms with Gasteiger partial charge in [-0.2, -0.15) is 0 Å². The molecule has 0 spiro atoms. The van der Waals surface area contributed by atoms with E-state index >= 15 is 0 Å². The highest BCUT2D eigenvalue weighted by molar-refractivity contribution is 14.1. The lowest BCUT2D eigenvalue weighted by molar-refractivity contribution is 0.0706. The average molecular weight is 297 g/mol. The van der Waals surface area contributed by atoms with Gasteiger partial charge in [-0.1, -0.05) is 11.6 Å². The van der Waals surface area contributed by atoms with Gasteiger partial charge >= 0.3 is 0 Å². The van der Waals surface area contributed by atoms with Gasteiger partial charge in [0.25, 0.3) is 5.91 Å². The van der Waals surface area contributed by atoms with Crippen molar-refractivity contribution < 1.29 is 10.0 Å². The Morgan fingerprint density at radius 2 is 2.25 bits per heavy atom. The molecule has 0 aliphatic rings. The van der Waals surface area contributed by atoms with Crippen molar-refractivity contribution in [2.75, 3.05) is 0 Å². The van der Waals surface area contributed by atoms with Crippen LogP contribution >= 0.6 is 34.2 Å². The first kappa shape index (κ1) is 9.76. The van der Waals surface area contributed by atoms with Gasteiger partial charge in [-0.15, -0.1) is 0 Å². The maximum atomic E-state index is 10.9. The minimum absolute atomic E-state index is 0.336. The molecular formula is C7H5ClINO2. The average Bonchev–Trinajstić information content (AvgIpc) is 2.08. The molecule has 0 aliphatic carbocycles. The third-order valence-corrected chi connectivity index (χ3v) is 2.86. The standard InChI is InChI=1S/C7H5ClINO2/c8-5-3-4(7(11)10-12)1-2-6(5)9/h1-3,12H,(H,10,11). The van der Waals surface area contributed by atoms with Crippen LogP contribution in [-0.4, -0.2) is 11.1 Å². The highest BCUT2D eigenvalue weighted by atomic mass is 127. The molecule has 3 nitrogen and oxygen atoms in total. The van der Waals surface area contributed by atoms with Crippen LogP contribution in [0, 0.1) is 3.57 Å². The molecule has 0 heterocycles. The molecule has 0 atom stereocenters. The third-order valence-electron chi connectivity index (χ3n) is 1.28. The Labute approximate surface area is 87.8 Å². The maximum absolute atomic E-state index is 10.9. The van der Waals surface area contributed by atoms with Crippen molar-refractivity contribution in [1.82, 2.24) is 5.48 Å². The smallest absolute Gasteiger partial charge is 0.274 e. The van der Waals surface area contributed by atoms with Crippen LogP contribution in [0.4, 0.5) is 0 Å². The lowest BCUT2D eigenvalue weighted by Gasteiger charge is -2.00. The van der Waals surface area contributed by atoms with Gasteiger partial charge in [-0.3, -0.25) is 10.0 Å². The Kier molecular flexibility index (Phi) is 3.30. The van der Waals surface area contributed by atoms with E-state index in [4.69, 9.17) is 16.8 Å². The fraction of sp³-hybridized carbons (Fsp3) is 0. The Bertz CT molecular complexity index is 316. The van der Waals surface area contributed by atoms with Crippen LogP contribution < -0.4 is 5.48 Å². The van der Waals surface area contributed by atoms with Crippen molar-refractivity contribution in [1.29, 1.82) is 0 Å². The van der Waals surface area contributed by atoms with Crippen molar-refractivity contribution in [3.8, 4) is 0 Å². The summed E-state index contributed by atoms with van der Waals surface area (Å²) in [6.45, 7) is 0. The summed E-state index contributed by atoms with van der Waals surface area (Å²) in [6, 6.07) is 4.78. The van der Waals surface area contributed by atoms with Crippen LogP contribution in [0.25, 0.3) is 0 Å². The summed E-state index contributed by atoms with van der Waals surface area (Å²) >= 11 is 7.80. The zero-order valence-electron chi connectivity index (χ0n) is 5.84. The summed E-state index contributed by atoms with van der Waals surface area (Å²) < 4.78 is 0.865. The number of carbonyl (C=O) groups is 1. The lowest BCUT2D eigenvalue weighted by Crippen LogP contribution is -2.18. The molecule has 1 aromatic carbocycles. The topological polar surface area (TPSA) is 49.3 Å². The fourth-order valence-electron chi connectivity index (χ4n) is 0.702. The summed E-state index contributed by atoms with van der Waals surface area (Å²) in [5, 5.41) is 8.80. The van der Waals surface area contributed by atoms with Gasteiger partial charge in [-0.25, -0.2) is 5.48 Å². The number of hydroxylamine groups is 1.